The number of nitrogens with one attached hydrogen (secondary N) is 1. The van der Waals surface area contributed by atoms with E-state index < -0.39 is 5.97 Å². The molecule has 0 saturated heterocycles. The fourth-order valence-corrected chi connectivity index (χ4v) is 1.91. The standard InChI is InChI=1S/C14H18ClNO4/c1-8-7-10(19-3)14(9(2)13(8)15)16-11(17)5-6-12(18)20-4/h7H,5-6H2,1-4H3,(H,16,17). The molecular weight excluding hydrogens is 282 g/mol. The van der Waals surface area contributed by atoms with Crippen LogP contribution in [0.2, 0.25) is 5.02 Å². The van der Waals surface area contributed by atoms with E-state index in [4.69, 9.17) is 16.3 Å². The molecule has 1 aromatic rings. The number of esters is 1. The minimum Gasteiger partial charge on any atom is -0.495 e. The zero-order valence-corrected chi connectivity index (χ0v) is 12.8. The van der Waals surface area contributed by atoms with Crippen molar-refractivity contribution in [3.8, 4) is 5.75 Å². The second kappa shape index (κ2) is 7.14. The van der Waals surface area contributed by atoms with Gasteiger partial charge in [-0.15, -0.1) is 0 Å². The lowest BCUT2D eigenvalue weighted by molar-refractivity contribution is -0.141. The number of benzene rings is 1. The highest BCUT2D eigenvalue weighted by molar-refractivity contribution is 6.32. The van der Waals surface area contributed by atoms with Crippen molar-refractivity contribution in [2.75, 3.05) is 19.5 Å². The number of anilines is 1. The average molecular weight is 300 g/mol. The molecule has 1 N–H and O–H groups in total. The zero-order chi connectivity index (χ0) is 15.3. The van der Waals surface area contributed by atoms with Crippen LogP contribution in [0.25, 0.3) is 0 Å². The molecule has 1 amide bonds. The number of ether oxygens (including phenoxy) is 2. The highest BCUT2D eigenvalue weighted by atomic mass is 35.5. The molecule has 0 atom stereocenters. The van der Waals surface area contributed by atoms with E-state index in [2.05, 4.69) is 10.1 Å². The van der Waals surface area contributed by atoms with Crippen LogP contribution < -0.4 is 10.1 Å². The van der Waals surface area contributed by atoms with Crippen LogP contribution in [-0.2, 0) is 14.3 Å². The molecule has 0 radical (unpaired) electrons. The van der Waals surface area contributed by atoms with Gasteiger partial charge in [0, 0.05) is 11.4 Å². The Kier molecular flexibility index (Phi) is 5.82. The largest absolute Gasteiger partial charge is 0.495 e. The van der Waals surface area contributed by atoms with Gasteiger partial charge >= 0.3 is 5.97 Å². The van der Waals surface area contributed by atoms with E-state index in [9.17, 15) is 9.59 Å². The second-order valence-electron chi connectivity index (χ2n) is 4.33. The molecule has 0 saturated carbocycles. The molecule has 5 nitrogen and oxygen atoms in total. The number of aryl methyl sites for hydroxylation is 1. The van der Waals surface area contributed by atoms with Crippen molar-refractivity contribution < 1.29 is 19.1 Å². The summed E-state index contributed by atoms with van der Waals surface area (Å²) in [6.07, 6.45) is 0.0735. The van der Waals surface area contributed by atoms with Crippen molar-refractivity contribution >= 4 is 29.2 Å². The number of carbonyl (C=O) groups is 2. The van der Waals surface area contributed by atoms with Gasteiger partial charge in [-0.2, -0.15) is 0 Å². The summed E-state index contributed by atoms with van der Waals surface area (Å²) in [5.41, 5.74) is 2.13. The van der Waals surface area contributed by atoms with Crippen molar-refractivity contribution in [2.24, 2.45) is 0 Å². The maximum atomic E-state index is 11.8. The number of rotatable bonds is 5. The minimum atomic E-state index is -0.425. The number of carbonyl (C=O) groups excluding carboxylic acids is 2. The van der Waals surface area contributed by atoms with Crippen LogP contribution in [0.15, 0.2) is 6.07 Å². The molecule has 0 aromatic heterocycles. The highest BCUT2D eigenvalue weighted by Gasteiger charge is 2.15. The molecule has 0 bridgehead atoms. The molecule has 20 heavy (non-hydrogen) atoms. The Morgan fingerprint density at radius 3 is 2.45 bits per heavy atom. The van der Waals surface area contributed by atoms with Gasteiger partial charge in [0.25, 0.3) is 0 Å². The van der Waals surface area contributed by atoms with Crippen molar-refractivity contribution in [3.05, 3.63) is 22.2 Å². The SMILES string of the molecule is COC(=O)CCC(=O)Nc1c(OC)cc(C)c(Cl)c1C. The molecule has 0 aliphatic heterocycles. The normalized spacial score (nSPS) is 10.1. The fraction of sp³-hybridized carbons (Fsp3) is 0.429. The Labute approximate surface area is 123 Å². The van der Waals surface area contributed by atoms with Crippen LogP contribution >= 0.6 is 11.6 Å². The van der Waals surface area contributed by atoms with E-state index in [0.717, 1.165) is 11.1 Å². The van der Waals surface area contributed by atoms with Gasteiger partial charge in [0.05, 0.1) is 26.3 Å². The van der Waals surface area contributed by atoms with Crippen molar-refractivity contribution in [1.82, 2.24) is 0 Å². The van der Waals surface area contributed by atoms with E-state index in [1.54, 1.807) is 13.0 Å². The van der Waals surface area contributed by atoms with Crippen LogP contribution in [0.4, 0.5) is 5.69 Å². The predicted octanol–water partition coefficient (Wildman–Crippen LogP) is 2.86. The minimum absolute atomic E-state index is 0.0310. The Morgan fingerprint density at radius 1 is 1.25 bits per heavy atom. The second-order valence-corrected chi connectivity index (χ2v) is 4.71. The third-order valence-corrected chi connectivity index (χ3v) is 3.49. The average Bonchev–Trinajstić information content (AvgIpc) is 2.44. The highest BCUT2D eigenvalue weighted by Crippen LogP contribution is 2.35. The number of methoxy groups -OCH3 is 2. The topological polar surface area (TPSA) is 64.6 Å². The lowest BCUT2D eigenvalue weighted by Gasteiger charge is -2.15. The first-order valence-corrected chi connectivity index (χ1v) is 6.48. The molecule has 110 valence electrons. The number of hydrogen-bond acceptors (Lipinski definition) is 4. The molecule has 0 fully saturated rings. The third-order valence-electron chi connectivity index (χ3n) is 2.91. The van der Waals surface area contributed by atoms with Crippen LogP contribution in [0.3, 0.4) is 0 Å². The summed E-state index contributed by atoms with van der Waals surface area (Å²) in [6.45, 7) is 3.66. The van der Waals surface area contributed by atoms with Crippen LogP contribution in [-0.4, -0.2) is 26.1 Å². The summed E-state index contributed by atoms with van der Waals surface area (Å²) in [5.74, 6) is -0.182. The Bertz CT molecular complexity index is 528. The third kappa shape index (κ3) is 3.87. The first-order chi connectivity index (χ1) is 9.40. The first-order valence-electron chi connectivity index (χ1n) is 6.11. The Hall–Kier alpha value is -1.75. The molecule has 0 unspecified atom stereocenters. The summed E-state index contributed by atoms with van der Waals surface area (Å²) < 4.78 is 9.73. The smallest absolute Gasteiger partial charge is 0.306 e. The van der Waals surface area contributed by atoms with E-state index >= 15 is 0 Å². The van der Waals surface area contributed by atoms with Crippen LogP contribution in [0, 0.1) is 13.8 Å². The molecule has 1 rings (SSSR count). The Balaban J connectivity index is 2.89. The van der Waals surface area contributed by atoms with E-state index in [-0.39, 0.29) is 18.7 Å². The monoisotopic (exact) mass is 299 g/mol. The van der Waals surface area contributed by atoms with Crippen molar-refractivity contribution in [2.45, 2.75) is 26.7 Å². The summed E-state index contributed by atoms with van der Waals surface area (Å²) in [5, 5.41) is 3.30. The van der Waals surface area contributed by atoms with Crippen LogP contribution in [0.1, 0.15) is 24.0 Å². The van der Waals surface area contributed by atoms with Gasteiger partial charge in [-0.1, -0.05) is 11.6 Å². The van der Waals surface area contributed by atoms with Gasteiger partial charge in [0.1, 0.15) is 5.75 Å². The maximum absolute atomic E-state index is 11.8. The molecule has 1 aromatic carbocycles. The summed E-state index contributed by atoms with van der Waals surface area (Å²) in [6, 6.07) is 1.76. The van der Waals surface area contributed by atoms with Gasteiger partial charge in [-0.05, 0) is 31.0 Å². The molecular formula is C14H18ClNO4. The number of amides is 1. The zero-order valence-electron chi connectivity index (χ0n) is 12.0. The molecule has 0 heterocycles. The molecule has 6 heteroatoms. The number of halogens is 1. The fourth-order valence-electron chi connectivity index (χ4n) is 1.76. The number of hydrogen-bond donors (Lipinski definition) is 1. The van der Waals surface area contributed by atoms with Gasteiger partial charge in [0.2, 0.25) is 5.91 Å². The summed E-state index contributed by atoms with van der Waals surface area (Å²) in [4.78, 5) is 22.8. The lowest BCUT2D eigenvalue weighted by atomic mass is 10.1. The molecule has 0 aliphatic carbocycles. The lowest BCUT2D eigenvalue weighted by Crippen LogP contribution is -2.15. The predicted molar refractivity (Wildman–Crippen MR) is 77.4 cm³/mol. The van der Waals surface area contributed by atoms with Gasteiger partial charge in [-0.3, -0.25) is 9.59 Å². The quantitative estimate of drug-likeness (QED) is 0.849. The van der Waals surface area contributed by atoms with Gasteiger partial charge in [0.15, 0.2) is 0 Å². The van der Waals surface area contributed by atoms with E-state index in [1.165, 1.54) is 14.2 Å². The summed E-state index contributed by atoms with van der Waals surface area (Å²) >= 11 is 6.16. The first kappa shape index (κ1) is 16.3. The van der Waals surface area contributed by atoms with E-state index in [0.29, 0.717) is 16.5 Å². The van der Waals surface area contributed by atoms with Crippen molar-refractivity contribution in [1.29, 1.82) is 0 Å². The van der Waals surface area contributed by atoms with Crippen molar-refractivity contribution in [3.63, 3.8) is 0 Å². The van der Waals surface area contributed by atoms with Gasteiger partial charge < -0.3 is 14.8 Å². The molecule has 0 aliphatic rings. The molecule has 0 spiro atoms. The van der Waals surface area contributed by atoms with Gasteiger partial charge in [-0.25, -0.2) is 0 Å². The summed E-state index contributed by atoms with van der Waals surface area (Å²) in [7, 11) is 2.80. The van der Waals surface area contributed by atoms with E-state index in [1.807, 2.05) is 6.92 Å². The Morgan fingerprint density at radius 2 is 1.90 bits per heavy atom. The van der Waals surface area contributed by atoms with Crippen LogP contribution in [0.5, 0.6) is 5.75 Å². The maximum Gasteiger partial charge on any atom is 0.306 e.